The first-order chi connectivity index (χ1) is 16.6. The maximum absolute atomic E-state index is 11.9. The van der Waals surface area contributed by atoms with E-state index in [1.54, 1.807) is 0 Å². The molecular weight excluding hydrogens is 428 g/mol. The topological polar surface area (TPSA) is 98.8 Å². The van der Waals surface area contributed by atoms with Gasteiger partial charge in [0, 0.05) is 46.5 Å². The van der Waals surface area contributed by atoms with E-state index in [9.17, 15) is 15.1 Å². The third kappa shape index (κ3) is 4.45. The molecule has 5 rings (SSSR count). The largest absolute Gasteiger partial charge is 0.481 e. The van der Waals surface area contributed by atoms with Crippen LogP contribution in [0, 0.1) is 5.92 Å². The van der Waals surface area contributed by atoms with Crippen molar-refractivity contribution < 1.29 is 19.5 Å². The summed E-state index contributed by atoms with van der Waals surface area (Å²) < 4.78 is 5.99. The Kier molecular flexibility index (Phi) is 6.39. The van der Waals surface area contributed by atoms with Crippen molar-refractivity contribution in [3.05, 3.63) is 71.1 Å². The number of benzene rings is 2. The molecular formula is C28H30N2O4. The summed E-state index contributed by atoms with van der Waals surface area (Å²) in [5, 5.41) is 25.3. The van der Waals surface area contributed by atoms with E-state index in [0.29, 0.717) is 17.7 Å². The normalized spacial score (nSPS) is 14.6. The van der Waals surface area contributed by atoms with E-state index >= 15 is 0 Å². The van der Waals surface area contributed by atoms with Gasteiger partial charge in [-0.1, -0.05) is 48.3 Å². The number of H-pyrrole nitrogens is 1. The lowest BCUT2D eigenvalue weighted by atomic mass is 9.92. The van der Waals surface area contributed by atoms with Crippen LogP contribution in [0.2, 0.25) is 0 Å². The lowest BCUT2D eigenvalue weighted by Crippen LogP contribution is -2.19. The number of carboxylic acid groups (broad SMARTS) is 1. The number of aliphatic carboxylic acids is 1. The number of aromatic amines is 1. The number of carboxylic acids is 1. The van der Waals surface area contributed by atoms with Crippen molar-refractivity contribution in [3.8, 4) is 0 Å². The average molecular weight is 459 g/mol. The summed E-state index contributed by atoms with van der Waals surface area (Å²) in [5.74, 6) is -0.391. The number of carbonyl (C=O) groups is 1. The number of furan rings is 1. The molecule has 1 aliphatic carbocycles. The van der Waals surface area contributed by atoms with Crippen LogP contribution in [-0.4, -0.2) is 27.0 Å². The van der Waals surface area contributed by atoms with Crippen LogP contribution >= 0.6 is 0 Å². The van der Waals surface area contributed by atoms with E-state index in [2.05, 4.69) is 28.5 Å². The van der Waals surface area contributed by atoms with Crippen LogP contribution in [0.5, 0.6) is 0 Å². The third-order valence-electron chi connectivity index (χ3n) is 7.12. The van der Waals surface area contributed by atoms with Crippen LogP contribution in [0.1, 0.15) is 61.0 Å². The zero-order chi connectivity index (χ0) is 23.5. The molecule has 0 bridgehead atoms. The summed E-state index contributed by atoms with van der Waals surface area (Å²) in [5.41, 5.74) is 5.63. The number of rotatable bonds is 10. The summed E-state index contributed by atoms with van der Waals surface area (Å²) in [6.45, 7) is 0. The molecule has 2 aromatic carbocycles. The molecule has 1 atom stereocenters. The van der Waals surface area contributed by atoms with Crippen molar-refractivity contribution in [2.45, 2.75) is 57.8 Å². The molecule has 4 aromatic rings. The second-order valence-electron chi connectivity index (χ2n) is 9.31. The maximum atomic E-state index is 11.9. The van der Waals surface area contributed by atoms with Gasteiger partial charge in [0.25, 0.3) is 0 Å². The highest BCUT2D eigenvalue weighted by Gasteiger charge is 2.23. The van der Waals surface area contributed by atoms with E-state index in [1.165, 1.54) is 16.5 Å². The Balaban J connectivity index is 1.17. The first kappa shape index (κ1) is 22.3. The van der Waals surface area contributed by atoms with Gasteiger partial charge in [-0.2, -0.15) is 0 Å². The van der Waals surface area contributed by atoms with E-state index in [1.807, 2.05) is 30.3 Å². The van der Waals surface area contributed by atoms with Gasteiger partial charge in [0.1, 0.15) is 11.3 Å². The van der Waals surface area contributed by atoms with Gasteiger partial charge < -0.3 is 19.7 Å². The fourth-order valence-corrected chi connectivity index (χ4v) is 5.27. The number of fused-ring (bicyclic) bond motifs is 4. The van der Waals surface area contributed by atoms with E-state index in [-0.39, 0.29) is 6.42 Å². The summed E-state index contributed by atoms with van der Waals surface area (Å²) in [6.07, 6.45) is 9.69. The lowest BCUT2D eigenvalue weighted by Gasteiger charge is -2.13. The predicted octanol–water partition coefficient (Wildman–Crippen LogP) is 6.48. The fraction of sp³-hybridized carbons (Fsp3) is 0.357. The van der Waals surface area contributed by atoms with Gasteiger partial charge >= 0.3 is 5.97 Å². The molecule has 1 aliphatic rings. The van der Waals surface area contributed by atoms with Gasteiger partial charge in [-0.25, -0.2) is 0 Å². The second kappa shape index (κ2) is 9.75. The van der Waals surface area contributed by atoms with Gasteiger partial charge in [0.15, 0.2) is 0 Å². The number of aryl methyl sites for hydroxylation is 3. The molecule has 2 aromatic heterocycles. The van der Waals surface area contributed by atoms with E-state index in [0.717, 1.165) is 67.2 Å². The minimum absolute atomic E-state index is 0.195. The van der Waals surface area contributed by atoms with Crippen molar-refractivity contribution in [2.24, 2.45) is 11.1 Å². The number of aromatic nitrogens is 1. The molecule has 0 saturated heterocycles. The van der Waals surface area contributed by atoms with Crippen molar-refractivity contribution in [1.29, 1.82) is 0 Å². The average Bonchev–Trinajstić information content (AvgIpc) is 3.55. The SMILES string of the molecule is O=C(O)[C@H](CCCCCc1c[nH]c2ccccc12)CC(=NO)c1ccc2c3c(oc2c1)CCC3. The van der Waals surface area contributed by atoms with E-state index in [4.69, 9.17) is 4.42 Å². The third-order valence-corrected chi connectivity index (χ3v) is 7.12. The van der Waals surface area contributed by atoms with Crippen molar-refractivity contribution in [3.63, 3.8) is 0 Å². The summed E-state index contributed by atoms with van der Waals surface area (Å²) in [6, 6.07) is 14.1. The highest BCUT2D eigenvalue weighted by atomic mass is 16.4. The first-order valence-electron chi connectivity index (χ1n) is 12.2. The van der Waals surface area contributed by atoms with Gasteiger partial charge in [-0.3, -0.25) is 4.79 Å². The summed E-state index contributed by atoms with van der Waals surface area (Å²) in [4.78, 5) is 15.2. The molecule has 0 spiro atoms. The van der Waals surface area contributed by atoms with Crippen LogP contribution in [0.15, 0.2) is 58.2 Å². The summed E-state index contributed by atoms with van der Waals surface area (Å²) >= 11 is 0. The van der Waals surface area contributed by atoms with Crippen LogP contribution in [-0.2, 0) is 24.1 Å². The zero-order valence-electron chi connectivity index (χ0n) is 19.2. The number of nitrogens with one attached hydrogen (secondary N) is 1. The Morgan fingerprint density at radius 2 is 1.97 bits per heavy atom. The Bertz CT molecular complexity index is 1350. The highest BCUT2D eigenvalue weighted by molar-refractivity contribution is 6.04. The van der Waals surface area contributed by atoms with Crippen molar-refractivity contribution >= 4 is 33.6 Å². The molecule has 0 unspecified atom stereocenters. The molecule has 0 aliphatic heterocycles. The molecule has 176 valence electrons. The molecule has 6 heteroatoms. The second-order valence-corrected chi connectivity index (χ2v) is 9.31. The Morgan fingerprint density at radius 1 is 1.09 bits per heavy atom. The molecule has 0 radical (unpaired) electrons. The van der Waals surface area contributed by atoms with Gasteiger partial charge in [0.05, 0.1) is 11.6 Å². The van der Waals surface area contributed by atoms with Crippen LogP contribution in [0.4, 0.5) is 0 Å². The fourth-order valence-electron chi connectivity index (χ4n) is 5.27. The number of para-hydroxylation sites is 1. The van der Waals surface area contributed by atoms with Crippen LogP contribution < -0.4 is 0 Å². The molecule has 2 heterocycles. The Morgan fingerprint density at radius 3 is 2.82 bits per heavy atom. The van der Waals surface area contributed by atoms with Crippen molar-refractivity contribution in [1.82, 2.24) is 4.98 Å². The monoisotopic (exact) mass is 458 g/mol. The first-order valence-corrected chi connectivity index (χ1v) is 12.2. The van der Waals surface area contributed by atoms with E-state index < -0.39 is 11.9 Å². The number of hydrogen-bond acceptors (Lipinski definition) is 4. The molecule has 3 N–H and O–H groups in total. The van der Waals surface area contributed by atoms with Crippen LogP contribution in [0.3, 0.4) is 0 Å². The Hall–Kier alpha value is -3.54. The van der Waals surface area contributed by atoms with Gasteiger partial charge in [0.2, 0.25) is 0 Å². The number of oxime groups is 1. The molecule has 34 heavy (non-hydrogen) atoms. The minimum atomic E-state index is -0.851. The molecule has 6 nitrogen and oxygen atoms in total. The minimum Gasteiger partial charge on any atom is -0.481 e. The number of nitrogens with zero attached hydrogens (tertiary/aromatic N) is 1. The lowest BCUT2D eigenvalue weighted by molar-refractivity contribution is -0.141. The van der Waals surface area contributed by atoms with Gasteiger partial charge in [-0.15, -0.1) is 0 Å². The highest BCUT2D eigenvalue weighted by Crippen LogP contribution is 2.33. The molecule has 0 saturated carbocycles. The smallest absolute Gasteiger partial charge is 0.306 e. The maximum Gasteiger partial charge on any atom is 0.306 e. The number of unbranched alkanes of at least 4 members (excludes halogenated alkanes) is 2. The quantitative estimate of drug-likeness (QED) is 0.110. The summed E-state index contributed by atoms with van der Waals surface area (Å²) in [7, 11) is 0. The van der Waals surface area contributed by atoms with Crippen molar-refractivity contribution in [2.75, 3.05) is 0 Å². The number of hydrogen-bond donors (Lipinski definition) is 3. The molecule has 0 fully saturated rings. The van der Waals surface area contributed by atoms with Gasteiger partial charge in [-0.05, 0) is 49.8 Å². The molecule has 0 amide bonds. The standard InChI is InChI=1S/C28H30N2O4/c31-28(32)19(7-2-1-3-8-20-17-29-24-11-5-4-9-21(20)24)15-25(30-33)18-13-14-23-22-10-6-12-26(22)34-27(23)16-18/h4-5,9,11,13-14,16-17,19,29,33H,1-3,6-8,10,12,15H2,(H,31,32)/t19-/m1/s1. The van der Waals surface area contributed by atoms with Crippen LogP contribution in [0.25, 0.3) is 21.9 Å². The Labute approximate surface area is 198 Å². The zero-order valence-corrected chi connectivity index (χ0v) is 19.2. The predicted molar refractivity (Wildman–Crippen MR) is 133 cm³/mol.